The molecule has 2 rings (SSSR count). The van der Waals surface area contributed by atoms with Crippen molar-refractivity contribution in [1.82, 2.24) is 0 Å². The van der Waals surface area contributed by atoms with Crippen LogP contribution in [0.25, 0.3) is 0 Å². The number of carbonyl (C=O) groups is 2. The van der Waals surface area contributed by atoms with Crippen LogP contribution in [0.5, 0.6) is 0 Å². The van der Waals surface area contributed by atoms with E-state index >= 15 is 0 Å². The fourth-order valence-corrected chi connectivity index (χ4v) is 3.74. The second-order valence-corrected chi connectivity index (χ2v) is 5.86. The second kappa shape index (κ2) is 5.71. The van der Waals surface area contributed by atoms with E-state index in [0.29, 0.717) is 17.0 Å². The van der Waals surface area contributed by atoms with Crippen molar-refractivity contribution in [2.24, 2.45) is 5.73 Å². The zero-order valence-electron chi connectivity index (χ0n) is 11.3. The molecule has 2 amide bonds. The van der Waals surface area contributed by atoms with Crippen molar-refractivity contribution in [3.8, 4) is 0 Å². The summed E-state index contributed by atoms with van der Waals surface area (Å²) in [7, 11) is 0. The molecule has 1 aromatic heterocycles. The van der Waals surface area contributed by atoms with Gasteiger partial charge in [0, 0.05) is 12.8 Å². The standard InChI is InChI=1S/C13H19N3O2S/c1-3-10(17)15-13-11(12(14)18)8-5-6-16(4-2)7-9(8)19-13/h3-7H2,1-2H3,(H2,14,18)(H,15,17)/p+1. The third kappa shape index (κ3) is 2.79. The molecule has 0 saturated carbocycles. The van der Waals surface area contributed by atoms with E-state index in [-0.39, 0.29) is 5.91 Å². The molecule has 2 heterocycles. The first-order valence-corrected chi connectivity index (χ1v) is 7.46. The van der Waals surface area contributed by atoms with E-state index in [9.17, 15) is 9.59 Å². The predicted octanol–water partition coefficient (Wildman–Crippen LogP) is 0.156. The normalized spacial score (nSPS) is 17.9. The highest BCUT2D eigenvalue weighted by molar-refractivity contribution is 7.17. The van der Waals surface area contributed by atoms with Crippen molar-refractivity contribution >= 4 is 28.2 Å². The summed E-state index contributed by atoms with van der Waals surface area (Å²) in [6.07, 6.45) is 1.25. The Morgan fingerprint density at radius 3 is 2.74 bits per heavy atom. The Morgan fingerprint density at radius 1 is 1.42 bits per heavy atom. The zero-order chi connectivity index (χ0) is 14.0. The van der Waals surface area contributed by atoms with E-state index in [1.165, 1.54) is 21.1 Å². The molecule has 0 fully saturated rings. The fraction of sp³-hybridized carbons (Fsp3) is 0.538. The highest BCUT2D eigenvalue weighted by atomic mass is 32.1. The van der Waals surface area contributed by atoms with Gasteiger partial charge in [0.2, 0.25) is 5.91 Å². The van der Waals surface area contributed by atoms with Gasteiger partial charge in [-0.15, -0.1) is 11.3 Å². The van der Waals surface area contributed by atoms with Crippen LogP contribution in [-0.4, -0.2) is 24.9 Å². The number of thiophene rings is 1. The molecule has 0 aromatic carbocycles. The molecule has 0 spiro atoms. The van der Waals surface area contributed by atoms with Gasteiger partial charge in [-0.25, -0.2) is 0 Å². The lowest BCUT2D eigenvalue weighted by molar-refractivity contribution is -0.913. The average Bonchev–Trinajstić information content (AvgIpc) is 2.74. The van der Waals surface area contributed by atoms with Gasteiger partial charge in [0.05, 0.1) is 23.5 Å². The number of anilines is 1. The minimum atomic E-state index is -0.441. The fourth-order valence-electron chi connectivity index (χ4n) is 2.40. The van der Waals surface area contributed by atoms with Crippen LogP contribution in [0, 0.1) is 0 Å². The monoisotopic (exact) mass is 282 g/mol. The number of hydrogen-bond donors (Lipinski definition) is 3. The van der Waals surface area contributed by atoms with Gasteiger partial charge >= 0.3 is 0 Å². The maximum absolute atomic E-state index is 11.6. The molecule has 1 aromatic rings. The smallest absolute Gasteiger partial charge is 0.252 e. The Hall–Kier alpha value is -1.40. The summed E-state index contributed by atoms with van der Waals surface area (Å²) in [5.41, 5.74) is 7.04. The molecule has 1 unspecified atom stereocenters. The van der Waals surface area contributed by atoms with E-state index in [1.54, 1.807) is 6.92 Å². The molecule has 104 valence electrons. The first-order chi connectivity index (χ1) is 9.06. The summed E-state index contributed by atoms with van der Waals surface area (Å²) < 4.78 is 0. The third-order valence-electron chi connectivity index (χ3n) is 3.55. The number of nitrogens with two attached hydrogens (primary N) is 1. The Kier molecular flexibility index (Phi) is 4.21. The summed E-state index contributed by atoms with van der Waals surface area (Å²) in [4.78, 5) is 25.9. The lowest BCUT2D eigenvalue weighted by Gasteiger charge is -2.22. The minimum absolute atomic E-state index is 0.0826. The maximum Gasteiger partial charge on any atom is 0.252 e. The number of amides is 2. The summed E-state index contributed by atoms with van der Waals surface area (Å²) in [5.74, 6) is -0.523. The van der Waals surface area contributed by atoms with Crippen molar-refractivity contribution in [1.29, 1.82) is 0 Å². The van der Waals surface area contributed by atoms with E-state index in [1.807, 2.05) is 0 Å². The number of carbonyl (C=O) groups excluding carboxylic acids is 2. The van der Waals surface area contributed by atoms with E-state index in [4.69, 9.17) is 5.73 Å². The molecular formula is C13H20N3O2S+. The van der Waals surface area contributed by atoms with Crippen LogP contribution in [0.1, 0.15) is 41.1 Å². The molecule has 0 radical (unpaired) electrons. The molecule has 6 heteroatoms. The zero-order valence-corrected chi connectivity index (χ0v) is 12.2. The number of hydrogen-bond acceptors (Lipinski definition) is 3. The summed E-state index contributed by atoms with van der Waals surface area (Å²) >= 11 is 1.50. The molecule has 0 saturated heterocycles. The van der Waals surface area contributed by atoms with Crippen molar-refractivity contribution < 1.29 is 14.5 Å². The van der Waals surface area contributed by atoms with Crippen molar-refractivity contribution in [2.45, 2.75) is 33.2 Å². The predicted molar refractivity (Wildman–Crippen MR) is 75.5 cm³/mol. The van der Waals surface area contributed by atoms with Gasteiger partial charge in [0.15, 0.2) is 0 Å². The van der Waals surface area contributed by atoms with Crippen LogP contribution in [0.4, 0.5) is 5.00 Å². The van der Waals surface area contributed by atoms with Crippen LogP contribution in [-0.2, 0) is 17.8 Å². The van der Waals surface area contributed by atoms with Gasteiger partial charge in [-0.05, 0) is 12.5 Å². The van der Waals surface area contributed by atoms with Gasteiger partial charge in [0.1, 0.15) is 11.5 Å². The quantitative estimate of drug-likeness (QED) is 0.735. The molecule has 1 aliphatic heterocycles. The van der Waals surface area contributed by atoms with Crippen molar-refractivity contribution in [2.75, 3.05) is 18.4 Å². The molecule has 4 N–H and O–H groups in total. The number of fused-ring (bicyclic) bond motifs is 1. The van der Waals surface area contributed by atoms with Crippen molar-refractivity contribution in [3.63, 3.8) is 0 Å². The average molecular weight is 282 g/mol. The van der Waals surface area contributed by atoms with Crippen LogP contribution in [0.3, 0.4) is 0 Å². The minimum Gasteiger partial charge on any atom is -0.365 e. The number of likely N-dealkylation sites (N-methyl/N-ethyl adjacent to an activating group) is 1. The summed E-state index contributed by atoms with van der Waals surface area (Å²) in [6, 6.07) is 0. The first-order valence-electron chi connectivity index (χ1n) is 6.64. The Bertz CT molecular complexity index is 510. The highest BCUT2D eigenvalue weighted by Crippen LogP contribution is 2.34. The molecular weight excluding hydrogens is 262 g/mol. The molecule has 19 heavy (non-hydrogen) atoms. The Labute approximate surface area is 116 Å². The molecule has 5 nitrogen and oxygen atoms in total. The molecule has 1 aliphatic rings. The third-order valence-corrected chi connectivity index (χ3v) is 4.70. The Morgan fingerprint density at radius 2 is 2.16 bits per heavy atom. The van der Waals surface area contributed by atoms with E-state index < -0.39 is 5.91 Å². The van der Waals surface area contributed by atoms with Gasteiger partial charge in [-0.2, -0.15) is 0 Å². The van der Waals surface area contributed by atoms with Crippen LogP contribution < -0.4 is 16.0 Å². The summed E-state index contributed by atoms with van der Waals surface area (Å²) in [6.45, 7) is 6.94. The highest BCUT2D eigenvalue weighted by Gasteiger charge is 2.28. The maximum atomic E-state index is 11.6. The van der Waals surface area contributed by atoms with Gasteiger partial charge in [-0.3, -0.25) is 9.59 Å². The van der Waals surface area contributed by atoms with Crippen LogP contribution >= 0.6 is 11.3 Å². The van der Waals surface area contributed by atoms with E-state index in [0.717, 1.165) is 31.6 Å². The lowest BCUT2D eigenvalue weighted by Crippen LogP contribution is -3.11. The topological polar surface area (TPSA) is 76.6 Å². The van der Waals surface area contributed by atoms with E-state index in [2.05, 4.69) is 12.2 Å². The SMILES string of the molecule is CCC(=O)Nc1sc2c(c1C(N)=O)CC[NH+](CC)C2. The molecule has 1 atom stereocenters. The first kappa shape index (κ1) is 14.0. The molecule has 0 bridgehead atoms. The number of quaternary nitrogens is 1. The molecule has 0 aliphatic carbocycles. The van der Waals surface area contributed by atoms with Crippen LogP contribution in [0.15, 0.2) is 0 Å². The number of primary amides is 1. The van der Waals surface area contributed by atoms with Gasteiger partial charge in [0.25, 0.3) is 5.91 Å². The second-order valence-electron chi connectivity index (χ2n) is 4.75. The van der Waals surface area contributed by atoms with Crippen molar-refractivity contribution in [3.05, 3.63) is 16.0 Å². The Balaban J connectivity index is 2.36. The number of nitrogens with one attached hydrogen (secondary N) is 2. The van der Waals surface area contributed by atoms with Gasteiger partial charge < -0.3 is 16.0 Å². The largest absolute Gasteiger partial charge is 0.365 e. The van der Waals surface area contributed by atoms with Gasteiger partial charge in [-0.1, -0.05) is 6.92 Å². The number of rotatable bonds is 4. The van der Waals surface area contributed by atoms with Crippen LogP contribution in [0.2, 0.25) is 0 Å². The summed E-state index contributed by atoms with van der Waals surface area (Å²) in [5, 5.41) is 3.43. The lowest BCUT2D eigenvalue weighted by atomic mass is 10.0.